The SMILES string of the molecule is COc1ccc(N(CCO)C2CC2)nc1. The number of aromatic nitrogens is 1. The van der Waals surface area contributed by atoms with Gasteiger partial charge in [-0.05, 0) is 25.0 Å². The van der Waals surface area contributed by atoms with Gasteiger partial charge in [0.05, 0.1) is 19.9 Å². The largest absolute Gasteiger partial charge is 0.495 e. The van der Waals surface area contributed by atoms with Crippen molar-refractivity contribution < 1.29 is 9.84 Å². The Hall–Kier alpha value is -1.29. The van der Waals surface area contributed by atoms with Crippen LogP contribution in [-0.4, -0.2) is 36.4 Å². The van der Waals surface area contributed by atoms with Crippen molar-refractivity contribution in [3.05, 3.63) is 18.3 Å². The summed E-state index contributed by atoms with van der Waals surface area (Å²) in [6, 6.07) is 4.40. The molecule has 0 spiro atoms. The standard InChI is InChI=1S/C11H16N2O2/c1-15-10-4-5-11(12-8-10)13(6-7-14)9-2-3-9/h4-5,8-9,14H,2-3,6-7H2,1H3. The van der Waals surface area contributed by atoms with E-state index in [9.17, 15) is 0 Å². The highest BCUT2D eigenvalue weighted by atomic mass is 16.5. The average molecular weight is 208 g/mol. The van der Waals surface area contributed by atoms with Crippen molar-refractivity contribution in [2.24, 2.45) is 0 Å². The number of nitrogens with zero attached hydrogens (tertiary/aromatic N) is 2. The molecule has 1 aromatic rings. The lowest BCUT2D eigenvalue weighted by atomic mass is 10.4. The quantitative estimate of drug-likeness (QED) is 0.785. The van der Waals surface area contributed by atoms with Crippen molar-refractivity contribution in [1.29, 1.82) is 0 Å². The van der Waals surface area contributed by atoms with Crippen LogP contribution >= 0.6 is 0 Å². The van der Waals surface area contributed by atoms with E-state index in [-0.39, 0.29) is 6.61 Å². The van der Waals surface area contributed by atoms with E-state index in [1.807, 2.05) is 12.1 Å². The molecule has 0 bridgehead atoms. The summed E-state index contributed by atoms with van der Waals surface area (Å²) in [5.74, 6) is 1.69. The number of hydrogen-bond acceptors (Lipinski definition) is 4. The van der Waals surface area contributed by atoms with Crippen LogP contribution in [0.25, 0.3) is 0 Å². The maximum atomic E-state index is 8.98. The second-order valence-electron chi connectivity index (χ2n) is 3.70. The number of hydrogen-bond donors (Lipinski definition) is 1. The monoisotopic (exact) mass is 208 g/mol. The van der Waals surface area contributed by atoms with E-state index in [4.69, 9.17) is 9.84 Å². The van der Waals surface area contributed by atoms with Gasteiger partial charge in [0.15, 0.2) is 0 Å². The fourth-order valence-corrected chi connectivity index (χ4v) is 1.64. The minimum absolute atomic E-state index is 0.171. The van der Waals surface area contributed by atoms with E-state index in [1.165, 1.54) is 12.8 Å². The first-order valence-electron chi connectivity index (χ1n) is 5.22. The Morgan fingerprint density at radius 1 is 1.53 bits per heavy atom. The number of aliphatic hydroxyl groups is 1. The van der Waals surface area contributed by atoms with Crippen LogP contribution in [0.4, 0.5) is 5.82 Å². The molecule has 0 unspecified atom stereocenters. The third-order valence-electron chi connectivity index (χ3n) is 2.58. The van der Waals surface area contributed by atoms with E-state index in [1.54, 1.807) is 13.3 Å². The highest BCUT2D eigenvalue weighted by molar-refractivity contribution is 5.43. The van der Waals surface area contributed by atoms with Crippen LogP contribution in [0.3, 0.4) is 0 Å². The molecule has 2 rings (SSSR count). The fourth-order valence-electron chi connectivity index (χ4n) is 1.64. The van der Waals surface area contributed by atoms with Gasteiger partial charge in [-0.1, -0.05) is 0 Å². The normalized spacial score (nSPS) is 15.1. The van der Waals surface area contributed by atoms with Crippen molar-refractivity contribution >= 4 is 5.82 Å². The highest BCUT2D eigenvalue weighted by Gasteiger charge is 2.29. The van der Waals surface area contributed by atoms with Gasteiger partial charge in [0.25, 0.3) is 0 Å². The maximum Gasteiger partial charge on any atom is 0.137 e. The van der Waals surface area contributed by atoms with E-state index >= 15 is 0 Å². The molecule has 4 heteroatoms. The van der Waals surface area contributed by atoms with E-state index in [0.29, 0.717) is 12.6 Å². The summed E-state index contributed by atoms with van der Waals surface area (Å²) in [4.78, 5) is 6.47. The molecule has 1 aliphatic rings. The average Bonchev–Trinajstić information content (AvgIpc) is 3.10. The Kier molecular flexibility index (Phi) is 3.06. The van der Waals surface area contributed by atoms with Gasteiger partial charge < -0.3 is 14.7 Å². The lowest BCUT2D eigenvalue weighted by Gasteiger charge is -2.22. The first-order chi connectivity index (χ1) is 7.35. The lowest BCUT2D eigenvalue weighted by molar-refractivity contribution is 0.301. The molecule has 82 valence electrons. The Morgan fingerprint density at radius 2 is 2.33 bits per heavy atom. The molecule has 0 aliphatic heterocycles. The van der Waals surface area contributed by atoms with Crippen LogP contribution in [0.5, 0.6) is 5.75 Å². The molecule has 15 heavy (non-hydrogen) atoms. The van der Waals surface area contributed by atoms with Crippen LogP contribution in [-0.2, 0) is 0 Å². The molecule has 0 amide bonds. The predicted molar refractivity (Wildman–Crippen MR) is 58.2 cm³/mol. The molecule has 0 saturated heterocycles. The zero-order chi connectivity index (χ0) is 10.7. The molecule has 4 nitrogen and oxygen atoms in total. The molecule has 1 aromatic heterocycles. The second kappa shape index (κ2) is 4.49. The third-order valence-corrected chi connectivity index (χ3v) is 2.58. The highest BCUT2D eigenvalue weighted by Crippen LogP contribution is 2.30. The summed E-state index contributed by atoms with van der Waals surface area (Å²) < 4.78 is 5.05. The minimum Gasteiger partial charge on any atom is -0.495 e. The van der Waals surface area contributed by atoms with Gasteiger partial charge in [0, 0.05) is 12.6 Å². The van der Waals surface area contributed by atoms with Gasteiger partial charge in [-0.3, -0.25) is 0 Å². The Labute approximate surface area is 89.5 Å². The smallest absolute Gasteiger partial charge is 0.137 e. The van der Waals surface area contributed by atoms with E-state index in [0.717, 1.165) is 11.6 Å². The van der Waals surface area contributed by atoms with Crippen LogP contribution in [0, 0.1) is 0 Å². The number of aliphatic hydroxyl groups excluding tert-OH is 1. The topological polar surface area (TPSA) is 45.6 Å². The zero-order valence-electron chi connectivity index (χ0n) is 8.89. The number of anilines is 1. The number of rotatable bonds is 5. The van der Waals surface area contributed by atoms with Crippen LogP contribution in [0.1, 0.15) is 12.8 Å². The van der Waals surface area contributed by atoms with Crippen LogP contribution < -0.4 is 9.64 Å². The Morgan fingerprint density at radius 3 is 2.80 bits per heavy atom. The van der Waals surface area contributed by atoms with Crippen molar-refractivity contribution in [3.63, 3.8) is 0 Å². The maximum absolute atomic E-state index is 8.98. The van der Waals surface area contributed by atoms with Crippen molar-refractivity contribution in [1.82, 2.24) is 4.98 Å². The summed E-state index contributed by atoms with van der Waals surface area (Å²) in [5.41, 5.74) is 0. The third kappa shape index (κ3) is 2.39. The fraction of sp³-hybridized carbons (Fsp3) is 0.545. The van der Waals surface area contributed by atoms with Gasteiger partial charge in [0.1, 0.15) is 11.6 Å². The zero-order valence-corrected chi connectivity index (χ0v) is 8.89. The molecule has 1 saturated carbocycles. The minimum atomic E-state index is 0.171. The first-order valence-corrected chi connectivity index (χ1v) is 5.22. The summed E-state index contributed by atoms with van der Waals surface area (Å²) in [6.07, 6.45) is 4.11. The summed E-state index contributed by atoms with van der Waals surface area (Å²) in [7, 11) is 1.63. The van der Waals surface area contributed by atoms with Crippen molar-refractivity contribution in [2.45, 2.75) is 18.9 Å². The van der Waals surface area contributed by atoms with Gasteiger partial charge in [-0.2, -0.15) is 0 Å². The van der Waals surface area contributed by atoms with Gasteiger partial charge in [0.2, 0.25) is 0 Å². The Balaban J connectivity index is 2.10. The molecule has 1 fully saturated rings. The lowest BCUT2D eigenvalue weighted by Crippen LogP contribution is -2.29. The summed E-state index contributed by atoms with van der Waals surface area (Å²) in [5, 5.41) is 8.98. The molecule has 0 aromatic carbocycles. The first kappa shape index (κ1) is 10.2. The van der Waals surface area contributed by atoms with E-state index < -0.39 is 0 Å². The summed E-state index contributed by atoms with van der Waals surface area (Å²) in [6.45, 7) is 0.828. The molecule has 1 heterocycles. The number of ether oxygens (including phenoxy) is 1. The predicted octanol–water partition coefficient (Wildman–Crippen LogP) is 1.05. The Bertz CT molecular complexity index is 309. The molecule has 0 radical (unpaired) electrons. The molecular weight excluding hydrogens is 192 g/mol. The molecular formula is C11H16N2O2. The second-order valence-corrected chi connectivity index (χ2v) is 3.70. The van der Waals surface area contributed by atoms with Gasteiger partial charge in [-0.15, -0.1) is 0 Å². The molecule has 1 N–H and O–H groups in total. The van der Waals surface area contributed by atoms with Gasteiger partial charge in [-0.25, -0.2) is 4.98 Å². The number of pyridine rings is 1. The van der Waals surface area contributed by atoms with Gasteiger partial charge >= 0.3 is 0 Å². The van der Waals surface area contributed by atoms with Crippen LogP contribution in [0.2, 0.25) is 0 Å². The molecule has 1 aliphatic carbocycles. The van der Waals surface area contributed by atoms with E-state index in [2.05, 4.69) is 9.88 Å². The van der Waals surface area contributed by atoms with Crippen molar-refractivity contribution in [3.8, 4) is 5.75 Å². The van der Waals surface area contributed by atoms with Crippen LogP contribution in [0.15, 0.2) is 18.3 Å². The van der Waals surface area contributed by atoms with Crippen molar-refractivity contribution in [2.75, 3.05) is 25.2 Å². The number of methoxy groups -OCH3 is 1. The summed E-state index contributed by atoms with van der Waals surface area (Å²) >= 11 is 0. The molecule has 0 atom stereocenters.